The van der Waals surface area contributed by atoms with Gasteiger partial charge in [-0.15, -0.1) is 11.3 Å². The van der Waals surface area contributed by atoms with Gasteiger partial charge < -0.3 is 15.2 Å². The number of rotatable bonds is 5. The first kappa shape index (κ1) is 19.7. The number of benzene rings is 1. The molecule has 29 heavy (non-hydrogen) atoms. The second kappa shape index (κ2) is 8.03. The highest BCUT2D eigenvalue weighted by Crippen LogP contribution is 2.25. The number of nitrogens with zero attached hydrogens (tertiary/aromatic N) is 1. The van der Waals surface area contributed by atoms with E-state index in [9.17, 15) is 9.59 Å². The van der Waals surface area contributed by atoms with Gasteiger partial charge in [0.2, 0.25) is 5.91 Å². The maximum atomic E-state index is 13.2. The van der Waals surface area contributed by atoms with Crippen molar-refractivity contribution in [3.63, 3.8) is 0 Å². The SMILES string of the molecule is CCCC(NC(=O)c1cc2c(C)cc(C)cc2[nH]1)C(=O)N1CCc2sccc2C1. The van der Waals surface area contributed by atoms with Gasteiger partial charge in [0, 0.05) is 28.9 Å². The number of nitrogens with one attached hydrogen (secondary N) is 2. The molecule has 1 unspecified atom stereocenters. The van der Waals surface area contributed by atoms with Crippen molar-refractivity contribution < 1.29 is 9.59 Å². The number of carbonyl (C=O) groups excluding carboxylic acids is 2. The molecular weight excluding hydrogens is 382 g/mol. The van der Waals surface area contributed by atoms with Crippen molar-refractivity contribution in [1.29, 1.82) is 0 Å². The van der Waals surface area contributed by atoms with Crippen LogP contribution >= 0.6 is 11.3 Å². The van der Waals surface area contributed by atoms with Crippen LogP contribution in [0.4, 0.5) is 0 Å². The average molecular weight is 410 g/mol. The Labute approximate surface area is 175 Å². The van der Waals surface area contributed by atoms with Crippen molar-refractivity contribution in [2.24, 2.45) is 0 Å². The minimum absolute atomic E-state index is 0.0141. The van der Waals surface area contributed by atoms with E-state index in [0.29, 0.717) is 25.2 Å². The first-order valence-corrected chi connectivity index (χ1v) is 11.1. The number of aromatic nitrogens is 1. The summed E-state index contributed by atoms with van der Waals surface area (Å²) in [7, 11) is 0. The molecule has 0 bridgehead atoms. The Morgan fingerprint density at radius 2 is 2.10 bits per heavy atom. The zero-order valence-corrected chi connectivity index (χ0v) is 18.0. The molecule has 1 aromatic carbocycles. The predicted octanol–water partition coefficient (Wildman–Crippen LogP) is 4.33. The number of thiophene rings is 1. The summed E-state index contributed by atoms with van der Waals surface area (Å²) in [4.78, 5) is 32.6. The molecule has 1 atom stereocenters. The highest BCUT2D eigenvalue weighted by atomic mass is 32.1. The first-order valence-electron chi connectivity index (χ1n) is 10.2. The third kappa shape index (κ3) is 3.94. The van der Waals surface area contributed by atoms with Crippen LogP contribution in [0.5, 0.6) is 0 Å². The van der Waals surface area contributed by atoms with Crippen LogP contribution in [0.1, 0.15) is 51.8 Å². The summed E-state index contributed by atoms with van der Waals surface area (Å²) in [5.74, 6) is -0.210. The van der Waals surface area contributed by atoms with E-state index in [4.69, 9.17) is 0 Å². The van der Waals surface area contributed by atoms with Gasteiger partial charge >= 0.3 is 0 Å². The number of hydrogen-bond acceptors (Lipinski definition) is 3. The minimum atomic E-state index is -0.498. The summed E-state index contributed by atoms with van der Waals surface area (Å²) in [6.45, 7) is 7.48. The van der Waals surface area contributed by atoms with Crippen molar-refractivity contribution in [3.05, 3.63) is 56.9 Å². The van der Waals surface area contributed by atoms with Gasteiger partial charge in [-0.1, -0.05) is 19.4 Å². The number of aryl methyl sites for hydroxylation is 2. The van der Waals surface area contributed by atoms with Crippen LogP contribution in [0.3, 0.4) is 0 Å². The van der Waals surface area contributed by atoms with Crippen LogP contribution in [-0.2, 0) is 17.8 Å². The lowest BCUT2D eigenvalue weighted by molar-refractivity contribution is -0.134. The molecule has 6 heteroatoms. The quantitative estimate of drug-likeness (QED) is 0.659. The molecule has 152 valence electrons. The number of carbonyl (C=O) groups is 2. The smallest absolute Gasteiger partial charge is 0.268 e. The molecule has 2 N–H and O–H groups in total. The zero-order valence-electron chi connectivity index (χ0n) is 17.2. The van der Waals surface area contributed by atoms with Crippen LogP contribution in [0.25, 0.3) is 10.9 Å². The molecule has 1 aliphatic heterocycles. The summed E-state index contributed by atoms with van der Waals surface area (Å²) in [6.07, 6.45) is 2.36. The number of fused-ring (bicyclic) bond motifs is 2. The summed E-state index contributed by atoms with van der Waals surface area (Å²) in [6, 6.07) is 7.63. The lowest BCUT2D eigenvalue weighted by Gasteiger charge is -2.30. The lowest BCUT2D eigenvalue weighted by Crippen LogP contribution is -2.49. The Hall–Kier alpha value is -2.60. The van der Waals surface area contributed by atoms with Gasteiger partial charge in [0.1, 0.15) is 11.7 Å². The Bertz CT molecular complexity index is 1070. The summed E-state index contributed by atoms with van der Waals surface area (Å²) in [5.41, 5.74) is 4.98. The standard InChI is InChI=1S/C23H27N3O2S/c1-4-5-18(23(28)26-8-6-21-16(13-26)7-9-29-21)25-22(27)20-12-17-15(3)10-14(2)11-19(17)24-20/h7,9-12,18,24H,4-6,8,13H2,1-3H3,(H,25,27). The zero-order chi connectivity index (χ0) is 20.5. The first-order chi connectivity index (χ1) is 14.0. The maximum Gasteiger partial charge on any atom is 0.268 e. The molecule has 0 radical (unpaired) electrons. The minimum Gasteiger partial charge on any atom is -0.351 e. The van der Waals surface area contributed by atoms with Gasteiger partial charge in [-0.3, -0.25) is 9.59 Å². The molecule has 3 aromatic rings. The van der Waals surface area contributed by atoms with E-state index in [1.807, 2.05) is 37.8 Å². The lowest BCUT2D eigenvalue weighted by atomic mass is 10.1. The van der Waals surface area contributed by atoms with Crippen molar-refractivity contribution >= 4 is 34.1 Å². The third-order valence-corrected chi connectivity index (χ3v) is 6.66. The Morgan fingerprint density at radius 3 is 2.90 bits per heavy atom. The fraction of sp³-hybridized carbons (Fsp3) is 0.391. The second-order valence-corrected chi connectivity index (χ2v) is 8.92. The van der Waals surface area contributed by atoms with Gasteiger partial charge in [-0.25, -0.2) is 0 Å². The van der Waals surface area contributed by atoms with Gasteiger partial charge in [0.25, 0.3) is 5.91 Å². The molecule has 0 fully saturated rings. The van der Waals surface area contributed by atoms with Gasteiger partial charge in [0.05, 0.1) is 0 Å². The maximum absolute atomic E-state index is 13.2. The van der Waals surface area contributed by atoms with Crippen LogP contribution in [-0.4, -0.2) is 34.3 Å². The molecule has 3 heterocycles. The van der Waals surface area contributed by atoms with E-state index in [2.05, 4.69) is 27.8 Å². The van der Waals surface area contributed by atoms with E-state index in [1.54, 1.807) is 11.3 Å². The van der Waals surface area contributed by atoms with Crippen LogP contribution in [0.15, 0.2) is 29.6 Å². The van der Waals surface area contributed by atoms with E-state index in [-0.39, 0.29) is 11.8 Å². The molecule has 2 amide bonds. The normalized spacial score (nSPS) is 14.7. The van der Waals surface area contributed by atoms with Crippen molar-refractivity contribution in [1.82, 2.24) is 15.2 Å². The molecular formula is C23H27N3O2S. The van der Waals surface area contributed by atoms with Crippen LogP contribution in [0.2, 0.25) is 0 Å². The van der Waals surface area contributed by atoms with E-state index < -0.39 is 6.04 Å². The molecule has 1 aliphatic rings. The Kier molecular flexibility index (Phi) is 5.46. The molecule has 2 aromatic heterocycles. The average Bonchev–Trinajstić information content (AvgIpc) is 3.33. The highest BCUT2D eigenvalue weighted by Gasteiger charge is 2.29. The Morgan fingerprint density at radius 1 is 1.28 bits per heavy atom. The largest absolute Gasteiger partial charge is 0.351 e. The van der Waals surface area contributed by atoms with Gasteiger partial charge in [0.15, 0.2) is 0 Å². The molecule has 4 rings (SSSR count). The number of aromatic amines is 1. The topological polar surface area (TPSA) is 65.2 Å². The van der Waals surface area contributed by atoms with E-state index in [1.165, 1.54) is 10.4 Å². The summed E-state index contributed by atoms with van der Waals surface area (Å²) in [5, 5.41) is 6.11. The number of amides is 2. The van der Waals surface area contributed by atoms with Crippen LogP contribution < -0.4 is 5.32 Å². The fourth-order valence-corrected chi connectivity index (χ4v) is 5.05. The van der Waals surface area contributed by atoms with Crippen molar-refractivity contribution in [3.8, 4) is 0 Å². The van der Waals surface area contributed by atoms with Crippen molar-refractivity contribution in [2.75, 3.05) is 6.54 Å². The summed E-state index contributed by atoms with van der Waals surface area (Å²) >= 11 is 1.76. The molecule has 0 aliphatic carbocycles. The third-order valence-electron chi connectivity index (χ3n) is 5.63. The second-order valence-electron chi connectivity index (χ2n) is 7.92. The predicted molar refractivity (Wildman–Crippen MR) is 117 cm³/mol. The van der Waals surface area contributed by atoms with Crippen molar-refractivity contribution in [2.45, 2.75) is 52.6 Å². The van der Waals surface area contributed by atoms with Crippen LogP contribution in [0, 0.1) is 13.8 Å². The number of hydrogen-bond donors (Lipinski definition) is 2. The molecule has 5 nitrogen and oxygen atoms in total. The fourth-order valence-electron chi connectivity index (χ4n) is 4.16. The number of H-pyrrole nitrogens is 1. The van der Waals surface area contributed by atoms with Gasteiger partial charge in [-0.2, -0.15) is 0 Å². The summed E-state index contributed by atoms with van der Waals surface area (Å²) < 4.78 is 0. The monoisotopic (exact) mass is 409 g/mol. The molecule has 0 saturated carbocycles. The van der Waals surface area contributed by atoms with E-state index in [0.717, 1.165) is 34.9 Å². The molecule has 0 spiro atoms. The Balaban J connectivity index is 1.51. The van der Waals surface area contributed by atoms with Gasteiger partial charge in [-0.05, 0) is 67.0 Å². The molecule has 0 saturated heterocycles. The highest BCUT2D eigenvalue weighted by molar-refractivity contribution is 7.10. The van der Waals surface area contributed by atoms with E-state index >= 15 is 0 Å².